The lowest BCUT2D eigenvalue weighted by Gasteiger charge is -2.25. The van der Waals surface area contributed by atoms with E-state index in [1.54, 1.807) is 0 Å². The lowest BCUT2D eigenvalue weighted by atomic mass is 10.1. The van der Waals surface area contributed by atoms with Gasteiger partial charge in [0.15, 0.2) is 5.11 Å². The van der Waals surface area contributed by atoms with Crippen LogP contribution in [0.3, 0.4) is 0 Å². The Morgan fingerprint density at radius 3 is 2.74 bits per heavy atom. The number of likely N-dealkylation sites (N-methyl/N-ethyl adjacent to an activating group) is 1. The molecule has 0 spiro atoms. The maximum Gasteiger partial charge on any atom is 0.173 e. The summed E-state index contributed by atoms with van der Waals surface area (Å²) in [5, 5.41) is 4.25. The number of thiocarbonyl (C=S) groups is 1. The minimum absolute atomic E-state index is 0.851. The molecule has 1 heterocycles. The van der Waals surface area contributed by atoms with Crippen LogP contribution in [-0.2, 0) is 0 Å². The average molecular weight is 277 g/mol. The molecule has 0 bridgehead atoms. The van der Waals surface area contributed by atoms with Crippen molar-refractivity contribution >= 4 is 23.0 Å². The van der Waals surface area contributed by atoms with Crippen LogP contribution in [0.5, 0.6) is 0 Å². The first-order valence-corrected chi connectivity index (χ1v) is 7.29. The van der Waals surface area contributed by atoms with Gasteiger partial charge in [-0.3, -0.25) is 0 Å². The molecule has 1 aromatic rings. The van der Waals surface area contributed by atoms with E-state index in [0.717, 1.165) is 37.0 Å². The van der Waals surface area contributed by atoms with Crippen molar-refractivity contribution < 1.29 is 0 Å². The Balaban J connectivity index is 2.02. The Kier molecular flexibility index (Phi) is 4.77. The Bertz CT molecular complexity index is 459. The van der Waals surface area contributed by atoms with Crippen LogP contribution in [0.25, 0.3) is 0 Å². The van der Waals surface area contributed by atoms with E-state index in [1.165, 1.54) is 17.5 Å². The van der Waals surface area contributed by atoms with Gasteiger partial charge in [0, 0.05) is 25.3 Å². The van der Waals surface area contributed by atoms with Gasteiger partial charge in [-0.15, -0.1) is 0 Å². The molecule has 1 aliphatic rings. The quantitative estimate of drug-likeness (QED) is 0.795. The zero-order chi connectivity index (χ0) is 13.8. The minimum atomic E-state index is 0.851. The third-order valence-electron chi connectivity index (χ3n) is 3.85. The van der Waals surface area contributed by atoms with E-state index in [2.05, 4.69) is 54.2 Å². The predicted octanol–water partition coefficient (Wildman–Crippen LogP) is 2.64. The topological polar surface area (TPSA) is 18.5 Å². The van der Waals surface area contributed by atoms with Crippen LogP contribution in [-0.4, -0.2) is 48.1 Å². The highest BCUT2D eigenvalue weighted by molar-refractivity contribution is 7.80. The van der Waals surface area contributed by atoms with Crippen molar-refractivity contribution in [2.24, 2.45) is 0 Å². The average Bonchev–Trinajstić information content (AvgIpc) is 2.60. The summed E-state index contributed by atoms with van der Waals surface area (Å²) in [4.78, 5) is 4.64. The Labute approximate surface area is 121 Å². The van der Waals surface area contributed by atoms with Crippen molar-refractivity contribution in [3.63, 3.8) is 0 Å². The number of hydrogen-bond acceptors (Lipinski definition) is 2. The number of benzene rings is 1. The van der Waals surface area contributed by atoms with E-state index in [1.807, 2.05) is 0 Å². The van der Waals surface area contributed by atoms with E-state index >= 15 is 0 Å². The van der Waals surface area contributed by atoms with Crippen LogP contribution in [0.4, 0.5) is 5.69 Å². The molecule has 0 amide bonds. The minimum Gasteiger partial charge on any atom is -0.348 e. The first-order chi connectivity index (χ1) is 9.08. The normalized spacial score (nSPS) is 17.1. The summed E-state index contributed by atoms with van der Waals surface area (Å²) in [7, 11) is 2.17. The Morgan fingerprint density at radius 1 is 1.16 bits per heavy atom. The molecule has 4 heteroatoms. The molecule has 1 N–H and O–H groups in total. The molecule has 1 aliphatic heterocycles. The van der Waals surface area contributed by atoms with E-state index in [-0.39, 0.29) is 0 Å². The molecule has 104 valence electrons. The monoisotopic (exact) mass is 277 g/mol. The fourth-order valence-electron chi connectivity index (χ4n) is 2.33. The van der Waals surface area contributed by atoms with Crippen molar-refractivity contribution in [3.8, 4) is 0 Å². The van der Waals surface area contributed by atoms with Gasteiger partial charge in [-0.2, -0.15) is 0 Å². The van der Waals surface area contributed by atoms with E-state index in [4.69, 9.17) is 12.2 Å². The molecule has 0 saturated carbocycles. The van der Waals surface area contributed by atoms with Crippen molar-refractivity contribution in [3.05, 3.63) is 29.3 Å². The fourth-order valence-corrected chi connectivity index (χ4v) is 2.62. The summed E-state index contributed by atoms with van der Waals surface area (Å²) in [6.07, 6.45) is 1.17. The molecular formula is C15H23N3S. The van der Waals surface area contributed by atoms with Crippen LogP contribution in [0.15, 0.2) is 18.2 Å². The van der Waals surface area contributed by atoms with Gasteiger partial charge in [0.25, 0.3) is 0 Å². The molecule has 1 aromatic carbocycles. The first kappa shape index (κ1) is 14.3. The summed E-state index contributed by atoms with van der Waals surface area (Å²) in [5.74, 6) is 0. The van der Waals surface area contributed by atoms with E-state index in [9.17, 15) is 0 Å². The van der Waals surface area contributed by atoms with Gasteiger partial charge in [-0.1, -0.05) is 12.1 Å². The van der Waals surface area contributed by atoms with Gasteiger partial charge < -0.3 is 15.1 Å². The molecule has 2 rings (SSSR count). The van der Waals surface area contributed by atoms with Crippen LogP contribution >= 0.6 is 12.2 Å². The number of rotatable bonds is 1. The van der Waals surface area contributed by atoms with Crippen molar-refractivity contribution in [2.75, 3.05) is 38.5 Å². The molecule has 19 heavy (non-hydrogen) atoms. The summed E-state index contributed by atoms with van der Waals surface area (Å²) >= 11 is 5.55. The number of hydrogen-bond donors (Lipinski definition) is 1. The lowest BCUT2D eigenvalue weighted by Crippen LogP contribution is -2.37. The second kappa shape index (κ2) is 6.35. The lowest BCUT2D eigenvalue weighted by molar-refractivity contribution is 0.347. The summed E-state index contributed by atoms with van der Waals surface area (Å²) in [6, 6.07) is 6.30. The van der Waals surface area contributed by atoms with Gasteiger partial charge >= 0.3 is 0 Å². The largest absolute Gasteiger partial charge is 0.348 e. The second-order valence-corrected chi connectivity index (χ2v) is 5.71. The van der Waals surface area contributed by atoms with Gasteiger partial charge in [0.2, 0.25) is 0 Å². The predicted molar refractivity (Wildman–Crippen MR) is 85.8 cm³/mol. The van der Waals surface area contributed by atoms with Crippen LogP contribution in [0.2, 0.25) is 0 Å². The van der Waals surface area contributed by atoms with Crippen LogP contribution in [0.1, 0.15) is 17.5 Å². The highest BCUT2D eigenvalue weighted by Gasteiger charge is 2.15. The third kappa shape index (κ3) is 3.67. The van der Waals surface area contributed by atoms with E-state index < -0.39 is 0 Å². The fraction of sp³-hybridized carbons (Fsp3) is 0.533. The SMILES string of the molecule is Cc1cccc(NC(=S)N2CCCN(C)CC2)c1C. The molecule has 1 saturated heterocycles. The number of aryl methyl sites for hydroxylation is 1. The number of nitrogens with zero attached hydrogens (tertiary/aromatic N) is 2. The van der Waals surface area contributed by atoms with Crippen molar-refractivity contribution in [2.45, 2.75) is 20.3 Å². The van der Waals surface area contributed by atoms with Gasteiger partial charge in [-0.25, -0.2) is 0 Å². The first-order valence-electron chi connectivity index (χ1n) is 6.88. The summed E-state index contributed by atoms with van der Waals surface area (Å²) in [6.45, 7) is 8.55. The zero-order valence-corrected chi connectivity index (χ0v) is 12.9. The smallest absolute Gasteiger partial charge is 0.173 e. The number of nitrogens with one attached hydrogen (secondary N) is 1. The molecule has 3 nitrogen and oxygen atoms in total. The number of anilines is 1. The molecule has 1 fully saturated rings. The standard InChI is InChI=1S/C15H23N3S/c1-12-6-4-7-14(13(12)2)16-15(19)18-9-5-8-17(3)10-11-18/h4,6-7H,5,8-11H2,1-3H3,(H,16,19). The third-order valence-corrected chi connectivity index (χ3v) is 4.21. The molecule has 0 aromatic heterocycles. The molecular weight excluding hydrogens is 254 g/mol. The maximum atomic E-state index is 5.55. The maximum absolute atomic E-state index is 5.55. The van der Waals surface area contributed by atoms with Crippen LogP contribution in [0, 0.1) is 13.8 Å². The van der Waals surface area contributed by atoms with Crippen LogP contribution < -0.4 is 5.32 Å². The highest BCUT2D eigenvalue weighted by Crippen LogP contribution is 2.18. The molecule has 0 unspecified atom stereocenters. The molecule has 0 aliphatic carbocycles. The molecule has 0 atom stereocenters. The van der Waals surface area contributed by atoms with E-state index in [0.29, 0.717) is 0 Å². The summed E-state index contributed by atoms with van der Waals surface area (Å²) in [5.41, 5.74) is 3.70. The van der Waals surface area contributed by atoms with Gasteiger partial charge in [0.1, 0.15) is 0 Å². The zero-order valence-electron chi connectivity index (χ0n) is 12.1. The highest BCUT2D eigenvalue weighted by atomic mass is 32.1. The van der Waals surface area contributed by atoms with Gasteiger partial charge in [0.05, 0.1) is 0 Å². The van der Waals surface area contributed by atoms with Crippen molar-refractivity contribution in [1.29, 1.82) is 0 Å². The summed E-state index contributed by atoms with van der Waals surface area (Å²) < 4.78 is 0. The van der Waals surface area contributed by atoms with Crippen molar-refractivity contribution in [1.82, 2.24) is 9.80 Å². The van der Waals surface area contributed by atoms with Gasteiger partial charge in [-0.05, 0) is 63.3 Å². The Morgan fingerprint density at radius 2 is 1.95 bits per heavy atom. The Hall–Kier alpha value is -1.13. The second-order valence-electron chi connectivity index (χ2n) is 5.32. The molecule has 0 radical (unpaired) electrons.